The zero-order valence-electron chi connectivity index (χ0n) is 17.9. The van der Waals surface area contributed by atoms with Crippen LogP contribution in [0.15, 0.2) is 0 Å². The molecule has 2 aliphatic rings. The largest absolute Gasteiger partial charge is 0.766 e. The van der Waals surface area contributed by atoms with Gasteiger partial charge in [0, 0.05) is 55.1 Å². The molecule has 7 atom stereocenters. The van der Waals surface area contributed by atoms with Crippen LogP contribution in [0.3, 0.4) is 0 Å². The molecule has 0 spiro atoms. The molecule has 2 saturated heterocycles. The molecule has 11 heteroatoms. The minimum Gasteiger partial charge on any atom is -0.766 e. The van der Waals surface area contributed by atoms with E-state index in [4.69, 9.17) is 23.5 Å². The van der Waals surface area contributed by atoms with E-state index in [0.717, 1.165) is 6.42 Å². The molecular formula is C18H34NO7PW2-2. The third-order valence-corrected chi connectivity index (χ3v) is 5.48. The number of hydrogen-bond donors (Lipinski definition) is 1. The first-order chi connectivity index (χ1) is 12.6. The van der Waals surface area contributed by atoms with Gasteiger partial charge >= 0.3 is 0 Å². The fraction of sp³-hybridized carbons (Fsp3) is 0.944. The Bertz CT molecular complexity index is 515. The summed E-state index contributed by atoms with van der Waals surface area (Å²) in [5.41, 5.74) is 0. The van der Waals surface area contributed by atoms with Gasteiger partial charge in [-0.15, -0.1) is 0 Å². The Morgan fingerprint density at radius 3 is 2.38 bits per heavy atom. The Balaban J connectivity index is 0.00000392. The van der Waals surface area contributed by atoms with Crippen LogP contribution in [0.1, 0.15) is 48.0 Å². The molecule has 0 aromatic rings. The summed E-state index contributed by atoms with van der Waals surface area (Å²) in [7, 11) is -4.29. The maximum Gasteiger partial charge on any atom is 0.202 e. The third kappa shape index (κ3) is 10.7. The van der Waals surface area contributed by atoms with Crippen LogP contribution in [0.25, 0.3) is 0 Å². The average molecular weight is 775 g/mol. The van der Waals surface area contributed by atoms with Crippen LogP contribution in [0, 0.1) is 6.42 Å². The van der Waals surface area contributed by atoms with Crippen LogP contribution in [-0.4, -0.2) is 62.0 Å². The van der Waals surface area contributed by atoms with Crippen LogP contribution >= 0.6 is 7.75 Å². The molecule has 0 aliphatic carbocycles. The topological polar surface area (TPSA) is 98.3 Å². The summed E-state index contributed by atoms with van der Waals surface area (Å²) in [6, 6.07) is 0. The Labute approximate surface area is 203 Å². The second-order valence-electron chi connectivity index (χ2n) is 7.83. The quantitative estimate of drug-likeness (QED) is 0.266. The molecule has 2 heterocycles. The molecule has 0 amide bonds. The van der Waals surface area contributed by atoms with Gasteiger partial charge in [-0.1, -0.05) is 13.0 Å². The second-order valence-corrected chi connectivity index (χ2v) is 9.35. The van der Waals surface area contributed by atoms with E-state index >= 15 is 0 Å². The number of nitrogens with one attached hydrogen (secondary N) is 1. The van der Waals surface area contributed by atoms with E-state index in [1.807, 2.05) is 41.5 Å². The molecule has 0 aromatic heterocycles. The standard InChI is InChI=1S/C18H35NO7P.2W/c1-11(2)22-10-18-16(8-14(6)25-18)26-27(20,21)19-9-17-15(23-12(3)4)7-13(5)24-17;;/h8,11-18H,7,9-10H2,1-6H3,(H2,19,20,21);;/q-1;;/p-1/t13-,14-,15?,16?,17+,18+;;/m0../s1. The van der Waals surface area contributed by atoms with Gasteiger partial charge in [-0.05, 0) is 40.7 Å². The van der Waals surface area contributed by atoms with Gasteiger partial charge in [0.25, 0.3) is 0 Å². The Morgan fingerprint density at radius 1 is 1.14 bits per heavy atom. The fourth-order valence-electron chi connectivity index (χ4n) is 3.31. The minimum atomic E-state index is -4.29. The predicted molar refractivity (Wildman–Crippen MR) is 99.2 cm³/mol. The van der Waals surface area contributed by atoms with Gasteiger partial charge in [0.15, 0.2) is 0 Å². The van der Waals surface area contributed by atoms with Crippen molar-refractivity contribution in [1.29, 1.82) is 0 Å². The molecule has 1 N–H and O–H groups in total. The van der Waals surface area contributed by atoms with Crippen LogP contribution in [0.5, 0.6) is 0 Å². The smallest absolute Gasteiger partial charge is 0.202 e. The van der Waals surface area contributed by atoms with Gasteiger partial charge in [-0.2, -0.15) is 0 Å². The molecule has 2 aliphatic heterocycles. The van der Waals surface area contributed by atoms with Crippen molar-refractivity contribution in [1.82, 2.24) is 5.09 Å². The summed E-state index contributed by atoms with van der Waals surface area (Å²) >= 11 is 0. The first kappa shape index (κ1) is 30.3. The summed E-state index contributed by atoms with van der Waals surface area (Å²) in [6.45, 7) is 11.9. The monoisotopic (exact) mass is 775 g/mol. The summed E-state index contributed by atoms with van der Waals surface area (Å²) in [5, 5.41) is 2.51. The summed E-state index contributed by atoms with van der Waals surface area (Å²) in [6.07, 6.45) is 0.784. The number of ether oxygens (including phenoxy) is 4. The normalized spacial score (nSPS) is 34.1. The summed E-state index contributed by atoms with van der Waals surface area (Å²) in [5.74, 6) is 0. The maximum atomic E-state index is 12.4. The van der Waals surface area contributed by atoms with Crippen LogP contribution in [-0.2, 0) is 70.2 Å². The van der Waals surface area contributed by atoms with Crippen molar-refractivity contribution >= 4 is 7.75 Å². The molecule has 172 valence electrons. The van der Waals surface area contributed by atoms with Gasteiger partial charge in [-0.3, -0.25) is 16.1 Å². The second kappa shape index (κ2) is 13.8. The van der Waals surface area contributed by atoms with Gasteiger partial charge in [-0.25, -0.2) is 0 Å². The van der Waals surface area contributed by atoms with E-state index in [1.54, 1.807) is 6.42 Å². The van der Waals surface area contributed by atoms with Gasteiger partial charge in [0.05, 0.1) is 43.2 Å². The van der Waals surface area contributed by atoms with Crippen LogP contribution in [0.2, 0.25) is 0 Å². The fourth-order valence-corrected chi connectivity index (χ4v) is 4.31. The number of rotatable bonds is 10. The van der Waals surface area contributed by atoms with Crippen LogP contribution < -0.4 is 9.98 Å². The van der Waals surface area contributed by atoms with Crippen molar-refractivity contribution in [3.8, 4) is 0 Å². The van der Waals surface area contributed by atoms with E-state index < -0.39 is 20.0 Å². The molecule has 3 unspecified atom stereocenters. The first-order valence-corrected chi connectivity index (χ1v) is 11.3. The summed E-state index contributed by atoms with van der Waals surface area (Å²) in [4.78, 5) is 12.4. The SMILES string of the molecule is CC(C)OC[C@H]1O[C@@H](C)[CH-]C1OP(=O)([O-])NC[C@H]1O[C@@H](C)CC1OC(C)C.[W].[W]. The van der Waals surface area contributed by atoms with Crippen LogP contribution in [0.4, 0.5) is 0 Å². The van der Waals surface area contributed by atoms with Crippen molar-refractivity contribution in [2.24, 2.45) is 0 Å². The van der Waals surface area contributed by atoms with Crippen molar-refractivity contribution < 1.29 is 75.1 Å². The molecule has 0 saturated carbocycles. The Kier molecular flexibility index (Phi) is 14.4. The molecule has 0 aromatic carbocycles. The first-order valence-electron chi connectivity index (χ1n) is 9.73. The third-order valence-electron chi connectivity index (χ3n) is 4.39. The molecule has 2 rings (SSSR count). The van der Waals surface area contributed by atoms with Crippen molar-refractivity contribution in [3.05, 3.63) is 6.42 Å². The molecule has 2 fully saturated rings. The molecule has 0 bridgehead atoms. The minimum absolute atomic E-state index is 0. The molecule has 29 heavy (non-hydrogen) atoms. The zero-order chi connectivity index (χ0) is 20.2. The van der Waals surface area contributed by atoms with Crippen molar-refractivity contribution in [2.45, 2.75) is 96.8 Å². The maximum absolute atomic E-state index is 12.4. The van der Waals surface area contributed by atoms with Gasteiger partial charge in [0.1, 0.15) is 0 Å². The summed E-state index contributed by atoms with van der Waals surface area (Å²) < 4.78 is 40.6. The van der Waals surface area contributed by atoms with E-state index in [1.165, 1.54) is 0 Å². The average Bonchev–Trinajstić information content (AvgIpc) is 3.04. The van der Waals surface area contributed by atoms with Crippen molar-refractivity contribution in [2.75, 3.05) is 13.2 Å². The molecule has 0 radical (unpaired) electrons. The van der Waals surface area contributed by atoms with Gasteiger partial charge in [0.2, 0.25) is 7.75 Å². The molecule has 8 nitrogen and oxygen atoms in total. The predicted octanol–water partition coefficient (Wildman–Crippen LogP) is 1.81. The molecular weight excluding hydrogens is 741 g/mol. The zero-order valence-corrected chi connectivity index (χ0v) is 24.7. The van der Waals surface area contributed by atoms with E-state index in [9.17, 15) is 9.46 Å². The Hall–Kier alpha value is 1.33. The van der Waals surface area contributed by atoms with E-state index in [-0.39, 0.29) is 91.9 Å². The van der Waals surface area contributed by atoms with E-state index in [2.05, 4.69) is 5.09 Å². The van der Waals surface area contributed by atoms with Crippen molar-refractivity contribution in [3.63, 3.8) is 0 Å². The van der Waals surface area contributed by atoms with E-state index in [0.29, 0.717) is 0 Å². The Morgan fingerprint density at radius 2 is 1.79 bits per heavy atom. The number of hydrogen-bond acceptors (Lipinski definition) is 7. The van der Waals surface area contributed by atoms with Gasteiger partial charge < -0.3 is 28.4 Å².